The Hall–Kier alpha value is -2.12. The highest BCUT2D eigenvalue weighted by molar-refractivity contribution is 7.88. The largest absolute Gasteiger partial charge is 0.534 e. The maximum atomic E-state index is 12.9. The van der Waals surface area contributed by atoms with Gasteiger partial charge in [0, 0.05) is 5.56 Å². The molecule has 0 saturated heterocycles. The van der Waals surface area contributed by atoms with Crippen molar-refractivity contribution in [3.63, 3.8) is 0 Å². The van der Waals surface area contributed by atoms with E-state index in [0.29, 0.717) is 25.3 Å². The molecule has 2 aromatic rings. The molecular weight excluding hydrogens is 440 g/mol. The molecule has 10 heteroatoms. The second-order valence-corrected chi connectivity index (χ2v) is 9.80. The molecule has 0 amide bonds. The molecule has 2 aromatic carbocycles. The number of halogens is 3. The van der Waals surface area contributed by atoms with Crippen LogP contribution in [0.3, 0.4) is 0 Å². The number of hydrogen-bond donors (Lipinski definition) is 0. The molecule has 0 fully saturated rings. The van der Waals surface area contributed by atoms with Crippen molar-refractivity contribution in [2.75, 3.05) is 13.3 Å². The van der Waals surface area contributed by atoms with Crippen LogP contribution in [0.15, 0.2) is 30.3 Å². The van der Waals surface area contributed by atoms with E-state index in [4.69, 9.17) is 4.74 Å². The fourth-order valence-electron chi connectivity index (χ4n) is 3.36. The number of carbonyl (C=O) groups excluding carboxylic acids is 1. The van der Waals surface area contributed by atoms with E-state index in [-0.39, 0.29) is 12.0 Å². The molecular formula is C20H20F3O5PS. The van der Waals surface area contributed by atoms with Crippen LogP contribution in [-0.4, -0.2) is 33.2 Å². The van der Waals surface area contributed by atoms with Gasteiger partial charge in [-0.3, -0.25) is 4.79 Å². The zero-order chi connectivity index (χ0) is 22.1. The monoisotopic (exact) mass is 460 g/mol. The first-order valence-corrected chi connectivity index (χ1v) is 11.7. The molecule has 0 N–H and O–H groups in total. The van der Waals surface area contributed by atoms with E-state index in [0.717, 1.165) is 24.6 Å². The summed E-state index contributed by atoms with van der Waals surface area (Å²) >= 11 is 0. The van der Waals surface area contributed by atoms with E-state index in [2.05, 4.69) is 4.18 Å². The Morgan fingerprint density at radius 1 is 1.20 bits per heavy atom. The molecule has 1 atom stereocenters. The minimum atomic E-state index is -5.88. The van der Waals surface area contributed by atoms with E-state index < -0.39 is 27.3 Å². The SMILES string of the molecule is COC(=O)Cc1c(C)ccc(OS(=O)(=O)C(F)(F)F)c1-c1ccc2c(c1)CCCP2. The van der Waals surface area contributed by atoms with Crippen LogP contribution in [0.1, 0.15) is 23.1 Å². The first-order chi connectivity index (χ1) is 14.0. The molecule has 0 aliphatic carbocycles. The molecule has 30 heavy (non-hydrogen) atoms. The molecule has 162 valence electrons. The van der Waals surface area contributed by atoms with Gasteiger partial charge in [0.15, 0.2) is 5.75 Å². The van der Waals surface area contributed by atoms with Crippen LogP contribution in [0.4, 0.5) is 13.2 Å². The number of aryl methyl sites for hydroxylation is 2. The maximum absolute atomic E-state index is 12.9. The number of fused-ring (bicyclic) bond motifs is 1. The van der Waals surface area contributed by atoms with Gasteiger partial charge < -0.3 is 8.92 Å². The zero-order valence-corrected chi connectivity index (χ0v) is 18.1. The van der Waals surface area contributed by atoms with E-state index in [1.165, 1.54) is 24.5 Å². The minimum Gasteiger partial charge on any atom is -0.469 e. The standard InChI is InChI=1S/C20H20F3O5PS/c1-12-5-7-16(28-30(25,26)20(21,22)23)19(15(12)11-18(24)27-2)14-6-8-17-13(10-14)4-3-9-29-17/h5-8,10,29H,3-4,9,11H2,1-2H3. The average molecular weight is 460 g/mol. The quantitative estimate of drug-likeness (QED) is 0.293. The Kier molecular flexibility index (Phi) is 6.43. The lowest BCUT2D eigenvalue weighted by atomic mass is 9.91. The summed E-state index contributed by atoms with van der Waals surface area (Å²) in [5.41, 5.74) is -2.91. The van der Waals surface area contributed by atoms with Gasteiger partial charge in [-0.1, -0.05) is 32.8 Å². The number of alkyl halides is 3. The number of ether oxygens (including phenoxy) is 1. The molecule has 1 heterocycles. The predicted octanol–water partition coefficient (Wildman–Crippen LogP) is 3.86. The Bertz CT molecular complexity index is 1080. The van der Waals surface area contributed by atoms with Gasteiger partial charge in [0.05, 0.1) is 13.5 Å². The molecule has 1 unspecified atom stereocenters. The molecule has 0 spiro atoms. The lowest BCUT2D eigenvalue weighted by Crippen LogP contribution is -2.28. The predicted molar refractivity (Wildman–Crippen MR) is 109 cm³/mol. The molecule has 0 saturated carbocycles. The summed E-state index contributed by atoms with van der Waals surface area (Å²) in [6.07, 6.45) is 2.68. The highest BCUT2D eigenvalue weighted by atomic mass is 32.2. The Morgan fingerprint density at radius 3 is 2.60 bits per heavy atom. The molecule has 0 radical (unpaired) electrons. The van der Waals surface area contributed by atoms with Gasteiger partial charge in [-0.25, -0.2) is 0 Å². The van der Waals surface area contributed by atoms with Gasteiger partial charge >= 0.3 is 21.6 Å². The van der Waals surface area contributed by atoms with E-state index in [1.807, 2.05) is 12.1 Å². The molecule has 0 aromatic heterocycles. The summed E-state index contributed by atoms with van der Waals surface area (Å²) < 4.78 is 71.4. The van der Waals surface area contributed by atoms with E-state index in [9.17, 15) is 26.4 Å². The fraction of sp³-hybridized carbons (Fsp3) is 0.350. The van der Waals surface area contributed by atoms with Crippen molar-refractivity contribution in [3.05, 3.63) is 47.0 Å². The fourth-order valence-corrected chi connectivity index (χ4v) is 5.07. The van der Waals surface area contributed by atoms with Crippen LogP contribution in [0.5, 0.6) is 5.75 Å². The van der Waals surface area contributed by atoms with Crippen molar-refractivity contribution < 1.29 is 35.3 Å². The third kappa shape index (κ3) is 4.62. The normalized spacial score (nSPS) is 15.0. The second kappa shape index (κ2) is 8.55. The third-order valence-electron chi connectivity index (χ3n) is 4.87. The summed E-state index contributed by atoms with van der Waals surface area (Å²) in [4.78, 5) is 11.9. The lowest BCUT2D eigenvalue weighted by Gasteiger charge is -2.21. The Labute approximate surface area is 174 Å². The van der Waals surface area contributed by atoms with Crippen LogP contribution in [-0.2, 0) is 32.5 Å². The molecule has 5 nitrogen and oxygen atoms in total. The Balaban J connectivity index is 2.21. The van der Waals surface area contributed by atoms with Crippen LogP contribution in [0.2, 0.25) is 0 Å². The van der Waals surface area contributed by atoms with Gasteiger partial charge in [0.1, 0.15) is 0 Å². The van der Waals surface area contributed by atoms with Crippen molar-refractivity contribution in [1.29, 1.82) is 0 Å². The van der Waals surface area contributed by atoms with Gasteiger partial charge in [-0.15, -0.1) is 0 Å². The van der Waals surface area contributed by atoms with Crippen molar-refractivity contribution in [2.24, 2.45) is 0 Å². The summed E-state index contributed by atoms with van der Waals surface area (Å²) in [5.74, 6) is -1.08. The highest BCUT2D eigenvalue weighted by Gasteiger charge is 2.49. The maximum Gasteiger partial charge on any atom is 0.534 e. The third-order valence-corrected chi connectivity index (χ3v) is 7.31. The van der Waals surface area contributed by atoms with E-state index in [1.54, 1.807) is 13.0 Å². The number of hydrogen-bond acceptors (Lipinski definition) is 5. The van der Waals surface area contributed by atoms with Crippen LogP contribution in [0, 0.1) is 6.92 Å². The summed E-state index contributed by atoms with van der Waals surface area (Å²) in [6, 6.07) is 8.05. The molecule has 1 aliphatic heterocycles. The lowest BCUT2D eigenvalue weighted by molar-refractivity contribution is -0.139. The number of benzene rings is 2. The Morgan fingerprint density at radius 2 is 1.93 bits per heavy atom. The van der Waals surface area contributed by atoms with Crippen molar-refractivity contribution in [1.82, 2.24) is 0 Å². The number of rotatable bonds is 5. The average Bonchev–Trinajstić information content (AvgIpc) is 2.69. The summed E-state index contributed by atoms with van der Waals surface area (Å²) in [5, 5.41) is 1.18. The first-order valence-electron chi connectivity index (χ1n) is 9.10. The van der Waals surface area contributed by atoms with Crippen LogP contribution >= 0.6 is 8.58 Å². The van der Waals surface area contributed by atoms with Gasteiger partial charge in [-0.05, 0) is 59.6 Å². The van der Waals surface area contributed by atoms with Gasteiger partial charge in [-0.2, -0.15) is 21.6 Å². The molecule has 1 aliphatic rings. The molecule has 3 rings (SSSR count). The van der Waals surface area contributed by atoms with Gasteiger partial charge in [0.2, 0.25) is 0 Å². The van der Waals surface area contributed by atoms with Crippen LogP contribution < -0.4 is 9.49 Å². The van der Waals surface area contributed by atoms with Gasteiger partial charge in [0.25, 0.3) is 0 Å². The highest BCUT2D eigenvalue weighted by Crippen LogP contribution is 2.39. The first kappa shape index (κ1) is 22.6. The van der Waals surface area contributed by atoms with Crippen molar-refractivity contribution in [3.8, 4) is 16.9 Å². The summed E-state index contributed by atoms with van der Waals surface area (Å²) in [7, 11) is -4.03. The topological polar surface area (TPSA) is 69.7 Å². The van der Waals surface area contributed by atoms with Crippen LogP contribution in [0.25, 0.3) is 11.1 Å². The minimum absolute atomic E-state index is 0.143. The molecule has 0 bridgehead atoms. The van der Waals surface area contributed by atoms with E-state index >= 15 is 0 Å². The second-order valence-electron chi connectivity index (χ2n) is 6.87. The zero-order valence-electron chi connectivity index (χ0n) is 16.3. The number of methoxy groups -OCH3 is 1. The smallest absolute Gasteiger partial charge is 0.469 e. The summed E-state index contributed by atoms with van der Waals surface area (Å²) in [6.45, 7) is 1.68. The van der Waals surface area contributed by atoms with Crippen molar-refractivity contribution in [2.45, 2.75) is 31.7 Å². The van der Waals surface area contributed by atoms with Crippen molar-refractivity contribution >= 4 is 30.0 Å². The number of esters is 1. The number of carbonyl (C=O) groups is 1.